The molecule has 4 rings (SSSR count). The summed E-state index contributed by atoms with van der Waals surface area (Å²) in [5.74, 6) is -0.151. The molecule has 1 saturated carbocycles. The smallest absolute Gasteiger partial charge is 0.415 e. The van der Waals surface area contributed by atoms with Crippen molar-refractivity contribution in [2.24, 2.45) is 5.92 Å². The van der Waals surface area contributed by atoms with E-state index in [4.69, 9.17) is 4.74 Å². The maximum Gasteiger partial charge on any atom is 0.415 e. The molecule has 2 aliphatic rings. The van der Waals surface area contributed by atoms with Crippen LogP contribution in [0, 0.1) is 11.7 Å². The number of rotatable bonds is 7. The van der Waals surface area contributed by atoms with Crippen molar-refractivity contribution in [2.75, 3.05) is 16.8 Å². The van der Waals surface area contributed by atoms with Gasteiger partial charge in [-0.1, -0.05) is 19.9 Å². The fourth-order valence-corrected chi connectivity index (χ4v) is 4.49. The van der Waals surface area contributed by atoms with E-state index in [-0.39, 0.29) is 35.7 Å². The number of amides is 2. The van der Waals surface area contributed by atoms with E-state index in [9.17, 15) is 19.1 Å². The van der Waals surface area contributed by atoms with Gasteiger partial charge in [0, 0.05) is 12.2 Å². The molecule has 1 saturated heterocycles. The number of anilines is 2. The average Bonchev–Trinajstić information content (AvgIpc) is 3.22. The summed E-state index contributed by atoms with van der Waals surface area (Å²) in [6.07, 6.45) is 3.42. The number of hydrogen-bond acceptors (Lipinski definition) is 7. The van der Waals surface area contributed by atoms with Crippen LogP contribution in [0.3, 0.4) is 0 Å². The number of nitrogens with zero attached hydrogens (tertiary/aromatic N) is 3. The Balaban J connectivity index is 1.42. The van der Waals surface area contributed by atoms with E-state index >= 15 is 0 Å². The highest BCUT2D eigenvalue weighted by Crippen LogP contribution is 2.27. The Morgan fingerprint density at radius 3 is 2.63 bits per heavy atom. The Hall–Kier alpha value is -3.27. The zero-order valence-corrected chi connectivity index (χ0v) is 20.2. The van der Waals surface area contributed by atoms with Crippen LogP contribution in [0.15, 0.2) is 30.5 Å². The normalized spacial score (nSPS) is 23.2. The fourth-order valence-electron chi connectivity index (χ4n) is 4.49. The molecule has 2 atom stereocenters. The van der Waals surface area contributed by atoms with Gasteiger partial charge in [0.2, 0.25) is 5.95 Å². The van der Waals surface area contributed by atoms with Crippen molar-refractivity contribution in [3.05, 3.63) is 47.4 Å². The molecule has 2 aromatic rings. The van der Waals surface area contributed by atoms with E-state index in [1.807, 2.05) is 20.8 Å². The van der Waals surface area contributed by atoms with Crippen molar-refractivity contribution in [2.45, 2.75) is 70.7 Å². The molecule has 0 radical (unpaired) electrons. The van der Waals surface area contributed by atoms with E-state index in [1.54, 1.807) is 18.3 Å². The molecule has 1 unspecified atom stereocenters. The number of aromatic nitrogens is 2. The van der Waals surface area contributed by atoms with Crippen molar-refractivity contribution in [3.8, 4) is 0 Å². The summed E-state index contributed by atoms with van der Waals surface area (Å²) >= 11 is 0. The van der Waals surface area contributed by atoms with Gasteiger partial charge in [-0.25, -0.2) is 14.2 Å². The van der Waals surface area contributed by atoms with Gasteiger partial charge in [-0.15, -0.1) is 0 Å². The van der Waals surface area contributed by atoms with Crippen molar-refractivity contribution in [1.29, 1.82) is 0 Å². The van der Waals surface area contributed by atoms with Crippen LogP contribution in [0.4, 0.5) is 21.0 Å². The van der Waals surface area contributed by atoms with Crippen molar-refractivity contribution in [3.63, 3.8) is 0 Å². The summed E-state index contributed by atoms with van der Waals surface area (Å²) in [4.78, 5) is 35.0. The van der Waals surface area contributed by atoms with Crippen LogP contribution in [0.5, 0.6) is 0 Å². The van der Waals surface area contributed by atoms with Crippen LogP contribution in [-0.4, -0.2) is 51.9 Å². The number of aliphatic hydroxyl groups is 1. The second kappa shape index (κ2) is 10.6. The molecule has 2 heterocycles. The van der Waals surface area contributed by atoms with Gasteiger partial charge >= 0.3 is 6.09 Å². The molecule has 0 spiro atoms. The Kier molecular flexibility index (Phi) is 7.49. The first kappa shape index (κ1) is 24.8. The molecule has 1 aliphatic carbocycles. The van der Waals surface area contributed by atoms with Crippen LogP contribution in [0.25, 0.3) is 0 Å². The SMILES string of the molecule is CC(C)C1COC(=O)N1c1ccnc(N[C@@H](C)c2ccc(C(=O)NC3CCC(O)CC3)c(F)c2)n1. The van der Waals surface area contributed by atoms with Gasteiger partial charge in [-0.2, -0.15) is 4.98 Å². The average molecular weight is 486 g/mol. The molecule has 3 N–H and O–H groups in total. The Morgan fingerprint density at radius 1 is 1.20 bits per heavy atom. The number of benzene rings is 1. The highest BCUT2D eigenvalue weighted by Gasteiger charge is 2.37. The number of halogens is 1. The summed E-state index contributed by atoms with van der Waals surface area (Å²) in [5.41, 5.74) is 0.604. The maximum atomic E-state index is 14.8. The van der Waals surface area contributed by atoms with Crippen molar-refractivity contribution >= 4 is 23.8 Å². The molecule has 1 aliphatic heterocycles. The van der Waals surface area contributed by atoms with Gasteiger partial charge < -0.3 is 20.5 Å². The maximum absolute atomic E-state index is 14.8. The number of hydrogen-bond donors (Lipinski definition) is 3. The molecule has 1 aromatic carbocycles. The minimum absolute atomic E-state index is 0.0161. The van der Waals surface area contributed by atoms with Crippen LogP contribution in [0.2, 0.25) is 0 Å². The van der Waals surface area contributed by atoms with Crippen LogP contribution in [0.1, 0.15) is 68.4 Å². The van der Waals surface area contributed by atoms with E-state index in [1.165, 1.54) is 17.0 Å². The molecule has 9 nitrogen and oxygen atoms in total. The lowest BCUT2D eigenvalue weighted by molar-refractivity contribution is 0.0864. The summed E-state index contributed by atoms with van der Waals surface area (Å²) in [5, 5.41) is 15.6. The highest BCUT2D eigenvalue weighted by molar-refractivity contribution is 5.94. The third kappa shape index (κ3) is 5.70. The summed E-state index contributed by atoms with van der Waals surface area (Å²) < 4.78 is 20.0. The fraction of sp³-hybridized carbons (Fsp3) is 0.520. The molecule has 2 amide bonds. The number of nitrogens with one attached hydrogen (secondary N) is 2. The van der Waals surface area contributed by atoms with Crippen molar-refractivity contribution in [1.82, 2.24) is 15.3 Å². The topological polar surface area (TPSA) is 117 Å². The van der Waals surface area contributed by atoms with Gasteiger partial charge in [0.25, 0.3) is 5.91 Å². The second-order valence-corrected chi connectivity index (χ2v) is 9.58. The molecule has 2 fully saturated rings. The number of carbonyl (C=O) groups is 2. The van der Waals surface area contributed by atoms with Gasteiger partial charge in [-0.3, -0.25) is 9.69 Å². The van der Waals surface area contributed by atoms with Gasteiger partial charge in [0.05, 0.1) is 23.8 Å². The lowest BCUT2D eigenvalue weighted by atomic mass is 9.93. The predicted octanol–water partition coefficient (Wildman–Crippen LogP) is 3.80. The number of ether oxygens (including phenoxy) is 1. The zero-order valence-electron chi connectivity index (χ0n) is 20.2. The standard InChI is InChI=1S/C25H32FN5O4/c1-14(2)21-13-35-25(34)31(21)22-10-11-27-24(30-22)28-15(3)16-4-9-19(20(26)12-16)23(33)29-17-5-7-18(32)8-6-17/h4,9-12,14-15,17-18,21,32H,5-8,13H2,1-3H3,(H,29,33)(H,27,28,30)/t15-,17?,18?,21?/m0/s1. The van der Waals surface area contributed by atoms with Gasteiger partial charge in [0.15, 0.2) is 0 Å². The lowest BCUT2D eigenvalue weighted by Crippen LogP contribution is -2.38. The lowest BCUT2D eigenvalue weighted by Gasteiger charge is -2.26. The minimum atomic E-state index is -0.612. The first-order valence-electron chi connectivity index (χ1n) is 12.1. The molecule has 35 heavy (non-hydrogen) atoms. The van der Waals surface area contributed by atoms with E-state index in [0.717, 1.165) is 0 Å². The molecule has 188 valence electrons. The van der Waals surface area contributed by atoms with E-state index in [0.29, 0.717) is 49.6 Å². The number of aliphatic hydroxyl groups excluding tert-OH is 1. The van der Waals surface area contributed by atoms with Crippen molar-refractivity contribution < 1.29 is 23.8 Å². The Bertz CT molecular complexity index is 1070. The molecule has 0 bridgehead atoms. The zero-order chi connectivity index (χ0) is 25.1. The largest absolute Gasteiger partial charge is 0.447 e. The number of cyclic esters (lactones) is 1. The van der Waals surface area contributed by atoms with Crippen LogP contribution < -0.4 is 15.5 Å². The molecular formula is C25H32FN5O4. The van der Waals surface area contributed by atoms with E-state index < -0.39 is 17.8 Å². The minimum Gasteiger partial charge on any atom is -0.447 e. The third-order valence-corrected chi connectivity index (χ3v) is 6.68. The van der Waals surface area contributed by atoms with Gasteiger partial charge in [-0.05, 0) is 62.3 Å². The highest BCUT2D eigenvalue weighted by atomic mass is 19.1. The monoisotopic (exact) mass is 485 g/mol. The Labute approximate surface area is 204 Å². The Morgan fingerprint density at radius 2 is 1.94 bits per heavy atom. The quantitative estimate of drug-likeness (QED) is 0.546. The summed E-state index contributed by atoms with van der Waals surface area (Å²) in [6, 6.07) is 5.61. The third-order valence-electron chi connectivity index (χ3n) is 6.68. The first-order chi connectivity index (χ1) is 16.7. The molecular weight excluding hydrogens is 453 g/mol. The summed E-state index contributed by atoms with van der Waals surface area (Å²) in [6.45, 7) is 6.17. The summed E-state index contributed by atoms with van der Waals surface area (Å²) in [7, 11) is 0. The first-order valence-corrected chi connectivity index (χ1v) is 12.1. The van der Waals surface area contributed by atoms with E-state index in [2.05, 4.69) is 20.6 Å². The predicted molar refractivity (Wildman–Crippen MR) is 129 cm³/mol. The van der Waals surface area contributed by atoms with Crippen LogP contribution >= 0.6 is 0 Å². The van der Waals surface area contributed by atoms with Gasteiger partial charge in [0.1, 0.15) is 18.2 Å². The molecule has 10 heteroatoms. The second-order valence-electron chi connectivity index (χ2n) is 9.58. The number of carbonyl (C=O) groups excluding carboxylic acids is 2. The van der Waals surface area contributed by atoms with Crippen LogP contribution in [-0.2, 0) is 4.74 Å². The molecule has 1 aromatic heterocycles.